The van der Waals surface area contributed by atoms with Gasteiger partial charge in [0.25, 0.3) is 0 Å². The van der Waals surface area contributed by atoms with E-state index in [1.54, 1.807) is 17.9 Å². The Morgan fingerprint density at radius 3 is 3.00 bits per heavy atom. The molecule has 0 radical (unpaired) electrons. The van der Waals surface area contributed by atoms with Crippen molar-refractivity contribution < 1.29 is 9.47 Å². The maximum atomic E-state index is 12.1. The number of hydrogen-bond acceptors (Lipinski definition) is 4. The first-order chi connectivity index (χ1) is 9.63. The van der Waals surface area contributed by atoms with Gasteiger partial charge in [-0.25, -0.2) is 9.78 Å². The lowest BCUT2D eigenvalue weighted by Gasteiger charge is -2.35. The fraction of sp³-hybridized carbons (Fsp3) is 0.538. The number of ether oxygens (including phenoxy) is 2. The monoisotopic (exact) mass is 341 g/mol. The number of imidazole rings is 1. The van der Waals surface area contributed by atoms with Gasteiger partial charge in [0.15, 0.2) is 5.65 Å². The van der Waals surface area contributed by atoms with Crippen LogP contribution in [0.2, 0.25) is 0 Å². The SMILES string of the molecule is COC1(Cn2c(=O)[nH]c3ncc(Br)cc32)CCOCC1. The van der Waals surface area contributed by atoms with Gasteiger partial charge in [-0.3, -0.25) is 9.55 Å². The topological polar surface area (TPSA) is 69.1 Å². The molecule has 0 amide bonds. The Balaban J connectivity index is 2.03. The van der Waals surface area contributed by atoms with Crippen LogP contribution in [0, 0.1) is 0 Å². The molecule has 1 fully saturated rings. The number of H-pyrrole nitrogens is 1. The van der Waals surface area contributed by atoms with Gasteiger partial charge in [-0.1, -0.05) is 0 Å². The van der Waals surface area contributed by atoms with Gasteiger partial charge >= 0.3 is 5.69 Å². The first-order valence-corrected chi connectivity index (χ1v) is 7.30. The smallest absolute Gasteiger partial charge is 0.327 e. The van der Waals surface area contributed by atoms with Gasteiger partial charge in [-0.2, -0.15) is 0 Å². The number of fused-ring (bicyclic) bond motifs is 1. The van der Waals surface area contributed by atoms with Crippen LogP contribution in [0.25, 0.3) is 11.2 Å². The predicted octanol–water partition coefficient (Wildman–Crippen LogP) is 1.68. The number of methoxy groups -OCH3 is 1. The van der Waals surface area contributed by atoms with Crippen LogP contribution in [0.1, 0.15) is 12.8 Å². The molecule has 1 aliphatic rings. The van der Waals surface area contributed by atoms with Crippen molar-refractivity contribution in [1.29, 1.82) is 0 Å². The summed E-state index contributed by atoms with van der Waals surface area (Å²) in [5.41, 5.74) is 0.872. The fourth-order valence-electron chi connectivity index (χ4n) is 2.62. The molecule has 3 heterocycles. The van der Waals surface area contributed by atoms with E-state index in [4.69, 9.17) is 9.47 Å². The second kappa shape index (κ2) is 5.31. The molecule has 20 heavy (non-hydrogen) atoms. The molecule has 2 aromatic rings. The zero-order valence-electron chi connectivity index (χ0n) is 11.2. The Labute approximate surface area is 124 Å². The summed E-state index contributed by atoms with van der Waals surface area (Å²) >= 11 is 3.39. The lowest BCUT2D eigenvalue weighted by atomic mass is 9.94. The normalized spacial score (nSPS) is 18.5. The quantitative estimate of drug-likeness (QED) is 0.922. The number of nitrogens with one attached hydrogen (secondary N) is 1. The van der Waals surface area contributed by atoms with Gasteiger partial charge in [0.1, 0.15) is 0 Å². The van der Waals surface area contributed by atoms with Crippen molar-refractivity contribution in [3.05, 3.63) is 27.2 Å². The maximum absolute atomic E-state index is 12.1. The third-order valence-corrected chi connectivity index (χ3v) is 4.31. The molecule has 1 N–H and O–H groups in total. The molecule has 0 bridgehead atoms. The largest absolute Gasteiger partial charge is 0.381 e. The van der Waals surface area contributed by atoms with Crippen LogP contribution in [0.15, 0.2) is 21.5 Å². The van der Waals surface area contributed by atoms with Crippen molar-refractivity contribution in [2.45, 2.75) is 25.0 Å². The van der Waals surface area contributed by atoms with Gasteiger partial charge < -0.3 is 9.47 Å². The summed E-state index contributed by atoms with van der Waals surface area (Å²) in [5.74, 6) is 0. The van der Waals surface area contributed by atoms with E-state index < -0.39 is 0 Å². The van der Waals surface area contributed by atoms with Crippen LogP contribution in [0.3, 0.4) is 0 Å². The second-order valence-corrected chi connectivity index (χ2v) is 5.95. The van der Waals surface area contributed by atoms with Crippen molar-refractivity contribution in [2.24, 2.45) is 0 Å². The van der Waals surface area contributed by atoms with Gasteiger partial charge in [0.05, 0.1) is 17.7 Å². The van der Waals surface area contributed by atoms with Crippen LogP contribution in [0.4, 0.5) is 0 Å². The molecule has 1 saturated heterocycles. The molecule has 108 valence electrons. The van der Waals surface area contributed by atoms with E-state index in [1.807, 2.05) is 6.07 Å². The average Bonchev–Trinajstić information content (AvgIpc) is 2.76. The third kappa shape index (κ3) is 2.41. The van der Waals surface area contributed by atoms with Crippen LogP contribution in [0.5, 0.6) is 0 Å². The van der Waals surface area contributed by atoms with E-state index in [2.05, 4.69) is 25.9 Å². The summed E-state index contributed by atoms with van der Waals surface area (Å²) in [7, 11) is 1.69. The number of rotatable bonds is 3. The van der Waals surface area contributed by atoms with E-state index in [-0.39, 0.29) is 11.3 Å². The van der Waals surface area contributed by atoms with E-state index in [0.29, 0.717) is 25.4 Å². The van der Waals surface area contributed by atoms with Gasteiger partial charge in [-0.05, 0) is 22.0 Å². The number of hydrogen-bond donors (Lipinski definition) is 1. The second-order valence-electron chi connectivity index (χ2n) is 5.04. The van der Waals surface area contributed by atoms with Crippen molar-refractivity contribution in [2.75, 3.05) is 20.3 Å². The summed E-state index contributed by atoms with van der Waals surface area (Å²) < 4.78 is 13.6. The molecule has 1 aliphatic heterocycles. The zero-order chi connectivity index (χ0) is 14.2. The van der Waals surface area contributed by atoms with Crippen molar-refractivity contribution >= 4 is 27.1 Å². The summed E-state index contributed by atoms with van der Waals surface area (Å²) in [6.45, 7) is 1.82. The van der Waals surface area contributed by atoms with Gasteiger partial charge in [0.2, 0.25) is 0 Å². The van der Waals surface area contributed by atoms with Crippen LogP contribution >= 0.6 is 15.9 Å². The average molecular weight is 342 g/mol. The maximum Gasteiger partial charge on any atom is 0.327 e. The van der Waals surface area contributed by atoms with Gasteiger partial charge in [0, 0.05) is 43.8 Å². The first kappa shape index (κ1) is 13.8. The number of aromatic amines is 1. The minimum absolute atomic E-state index is 0.159. The molecule has 0 unspecified atom stereocenters. The van der Waals surface area contributed by atoms with Crippen molar-refractivity contribution in [3.8, 4) is 0 Å². The molecular weight excluding hydrogens is 326 g/mol. The highest BCUT2D eigenvalue weighted by Gasteiger charge is 2.34. The molecule has 0 saturated carbocycles. The number of nitrogens with zero attached hydrogens (tertiary/aromatic N) is 2. The third-order valence-electron chi connectivity index (χ3n) is 3.88. The molecule has 2 aromatic heterocycles. The Bertz CT molecular complexity index is 673. The van der Waals surface area contributed by atoms with E-state index in [0.717, 1.165) is 22.8 Å². The lowest BCUT2D eigenvalue weighted by Crippen LogP contribution is -2.43. The number of halogens is 1. The Morgan fingerprint density at radius 2 is 2.30 bits per heavy atom. The Morgan fingerprint density at radius 1 is 1.55 bits per heavy atom. The Hall–Kier alpha value is -1.18. The highest BCUT2D eigenvalue weighted by atomic mass is 79.9. The van der Waals surface area contributed by atoms with Crippen molar-refractivity contribution in [1.82, 2.24) is 14.5 Å². The van der Waals surface area contributed by atoms with Gasteiger partial charge in [-0.15, -0.1) is 0 Å². The van der Waals surface area contributed by atoms with E-state index in [1.165, 1.54) is 0 Å². The van der Waals surface area contributed by atoms with Crippen LogP contribution in [-0.4, -0.2) is 40.5 Å². The molecule has 0 atom stereocenters. The summed E-state index contributed by atoms with van der Waals surface area (Å²) in [4.78, 5) is 19.1. The summed E-state index contributed by atoms with van der Waals surface area (Å²) in [6.07, 6.45) is 3.23. The van der Waals surface area contributed by atoms with E-state index in [9.17, 15) is 4.79 Å². The predicted molar refractivity (Wildman–Crippen MR) is 77.8 cm³/mol. The van der Waals surface area contributed by atoms with E-state index >= 15 is 0 Å². The molecule has 7 heteroatoms. The van der Waals surface area contributed by atoms with Crippen LogP contribution in [-0.2, 0) is 16.0 Å². The number of pyridine rings is 1. The molecule has 0 aliphatic carbocycles. The fourth-order valence-corrected chi connectivity index (χ4v) is 2.94. The van der Waals surface area contributed by atoms with Crippen molar-refractivity contribution in [3.63, 3.8) is 0 Å². The lowest BCUT2D eigenvalue weighted by molar-refractivity contribution is -0.0984. The highest BCUT2D eigenvalue weighted by Crippen LogP contribution is 2.27. The first-order valence-electron chi connectivity index (χ1n) is 6.50. The number of aromatic nitrogens is 3. The standard InChI is InChI=1S/C13H16BrN3O3/c1-19-13(2-4-20-5-3-13)8-17-10-6-9(14)7-15-11(10)16-12(17)18/h6-7H,2-5,8H2,1H3,(H,15,16,18). The molecule has 3 rings (SSSR count). The molecule has 6 nitrogen and oxygen atoms in total. The Kier molecular flexibility index (Phi) is 3.66. The molecule has 0 spiro atoms. The minimum atomic E-state index is -0.348. The van der Waals surface area contributed by atoms with Crippen LogP contribution < -0.4 is 5.69 Å². The highest BCUT2D eigenvalue weighted by molar-refractivity contribution is 9.10. The molecular formula is C13H16BrN3O3. The summed E-state index contributed by atoms with van der Waals surface area (Å²) in [5, 5.41) is 0. The zero-order valence-corrected chi connectivity index (χ0v) is 12.8. The summed E-state index contributed by atoms with van der Waals surface area (Å²) in [6, 6.07) is 1.89. The minimum Gasteiger partial charge on any atom is -0.381 e. The molecule has 0 aromatic carbocycles.